The second kappa shape index (κ2) is 13.8. The average molecular weight is 611 g/mol. The van der Waals surface area contributed by atoms with Gasteiger partial charge in [0.1, 0.15) is 24.4 Å². The fourth-order valence-corrected chi connectivity index (χ4v) is 5.28. The number of H-pyrrole nitrogens is 2. The second-order valence-electron chi connectivity index (χ2n) is 10.8. The van der Waals surface area contributed by atoms with E-state index in [0.717, 1.165) is 38.5 Å². The third-order valence-electron chi connectivity index (χ3n) is 7.61. The van der Waals surface area contributed by atoms with E-state index in [2.05, 4.69) is 25.9 Å². The van der Waals surface area contributed by atoms with E-state index < -0.39 is 48.4 Å². The SMILES string of the molecule is NC(Cc1ccc(O)cc1)C(=O)NC(Cc1c[nH]c2ccccc12)C(=O)NC(Cc1c[nH]c2ccccc12)C(=O)NCC(=O)O. The number of carbonyl (C=O) groups excluding carboxylic acids is 3. The number of hydrogen-bond acceptors (Lipinski definition) is 6. The van der Waals surface area contributed by atoms with Gasteiger partial charge >= 0.3 is 5.97 Å². The number of aromatic hydroxyl groups is 1. The van der Waals surface area contributed by atoms with Gasteiger partial charge in [0.05, 0.1) is 6.04 Å². The molecule has 0 saturated carbocycles. The molecule has 0 aliphatic rings. The fourth-order valence-electron chi connectivity index (χ4n) is 5.28. The molecule has 0 radical (unpaired) electrons. The lowest BCUT2D eigenvalue weighted by atomic mass is 10.0. The number of carboxylic acid groups (broad SMARTS) is 1. The molecule has 0 bridgehead atoms. The van der Waals surface area contributed by atoms with Crippen molar-refractivity contribution in [2.75, 3.05) is 6.54 Å². The highest BCUT2D eigenvalue weighted by Crippen LogP contribution is 2.21. The normalized spacial score (nSPS) is 13.2. The molecule has 3 amide bonds. The third kappa shape index (κ3) is 7.67. The molecule has 0 aliphatic heterocycles. The van der Waals surface area contributed by atoms with Crippen molar-refractivity contribution < 1.29 is 29.4 Å². The predicted octanol–water partition coefficient (Wildman–Crippen LogP) is 1.88. The molecule has 9 N–H and O–H groups in total. The topological polar surface area (TPSA) is 202 Å². The van der Waals surface area contributed by atoms with Crippen LogP contribution >= 0.6 is 0 Å². The number of rotatable bonds is 13. The molecule has 0 aliphatic carbocycles. The van der Waals surface area contributed by atoms with E-state index in [-0.39, 0.29) is 25.0 Å². The third-order valence-corrected chi connectivity index (χ3v) is 7.61. The van der Waals surface area contributed by atoms with Gasteiger partial charge in [-0.15, -0.1) is 0 Å². The van der Waals surface area contributed by atoms with Crippen molar-refractivity contribution in [3.8, 4) is 5.75 Å². The first-order valence-corrected chi connectivity index (χ1v) is 14.4. The van der Waals surface area contributed by atoms with Crippen molar-refractivity contribution in [3.05, 3.63) is 102 Å². The van der Waals surface area contributed by atoms with Crippen LogP contribution in [0.1, 0.15) is 16.7 Å². The van der Waals surface area contributed by atoms with Gasteiger partial charge in [-0.2, -0.15) is 0 Å². The first-order valence-electron chi connectivity index (χ1n) is 14.4. The molecular formula is C33H34N6O6. The molecule has 5 rings (SSSR count). The summed E-state index contributed by atoms with van der Waals surface area (Å²) in [4.78, 5) is 57.9. The number of amides is 3. The van der Waals surface area contributed by atoms with E-state index in [9.17, 15) is 24.3 Å². The Bertz CT molecular complexity index is 1830. The van der Waals surface area contributed by atoms with Crippen LogP contribution in [-0.4, -0.2) is 68.5 Å². The molecule has 12 heteroatoms. The van der Waals surface area contributed by atoms with Gasteiger partial charge in [0.2, 0.25) is 17.7 Å². The number of nitrogens with two attached hydrogens (primary N) is 1. The Balaban J connectivity index is 1.39. The first-order chi connectivity index (χ1) is 21.7. The van der Waals surface area contributed by atoms with E-state index in [4.69, 9.17) is 10.8 Å². The van der Waals surface area contributed by atoms with Crippen molar-refractivity contribution in [3.63, 3.8) is 0 Å². The van der Waals surface area contributed by atoms with Crippen molar-refractivity contribution in [2.24, 2.45) is 5.73 Å². The van der Waals surface area contributed by atoms with Crippen molar-refractivity contribution in [2.45, 2.75) is 37.4 Å². The summed E-state index contributed by atoms with van der Waals surface area (Å²) in [5.41, 5.74) is 10.2. The standard InChI is InChI=1S/C33H34N6O6/c34-25(13-19-9-11-22(40)12-10-19)31(43)38-29(15-21-17-36-27-8-4-2-6-24(21)27)33(45)39-28(32(44)37-18-30(41)42)14-20-16-35-26-7-3-1-5-23(20)26/h1-12,16-17,25,28-29,35-36,40H,13-15,18,34H2,(H,37,44)(H,38,43)(H,39,45)(H,41,42). The maximum absolute atomic E-state index is 13.9. The molecule has 3 unspecified atom stereocenters. The van der Waals surface area contributed by atoms with Crippen LogP contribution in [0.25, 0.3) is 21.8 Å². The molecule has 0 spiro atoms. The number of phenols is 1. The number of para-hydroxylation sites is 2. The second-order valence-corrected chi connectivity index (χ2v) is 10.8. The molecule has 45 heavy (non-hydrogen) atoms. The van der Waals surface area contributed by atoms with E-state index in [1.54, 1.807) is 24.5 Å². The number of fused-ring (bicyclic) bond motifs is 2. The van der Waals surface area contributed by atoms with Crippen LogP contribution in [0.2, 0.25) is 0 Å². The zero-order valence-electron chi connectivity index (χ0n) is 24.2. The van der Waals surface area contributed by atoms with Gasteiger partial charge in [0.25, 0.3) is 0 Å². The summed E-state index contributed by atoms with van der Waals surface area (Å²) in [6.45, 7) is -0.624. The van der Waals surface area contributed by atoms with Crippen LogP contribution in [0.5, 0.6) is 5.75 Å². The maximum atomic E-state index is 13.9. The monoisotopic (exact) mass is 610 g/mol. The number of aromatic amines is 2. The summed E-state index contributed by atoms with van der Waals surface area (Å²) in [6.07, 6.45) is 3.81. The van der Waals surface area contributed by atoms with E-state index in [1.807, 2.05) is 48.5 Å². The maximum Gasteiger partial charge on any atom is 0.322 e. The van der Waals surface area contributed by atoms with Gasteiger partial charge < -0.3 is 41.9 Å². The Morgan fingerprint density at radius 3 is 1.76 bits per heavy atom. The predicted molar refractivity (Wildman–Crippen MR) is 168 cm³/mol. The first kappa shape index (κ1) is 30.8. The Labute approximate surface area is 258 Å². The minimum absolute atomic E-state index is 0.0648. The molecule has 0 fully saturated rings. The van der Waals surface area contributed by atoms with Gasteiger partial charge in [-0.05, 0) is 47.4 Å². The van der Waals surface area contributed by atoms with Crippen LogP contribution in [0.15, 0.2) is 85.2 Å². The number of phenolic OH excluding ortho intramolecular Hbond substituents is 1. The number of carboxylic acids is 1. The minimum atomic E-state index is -1.23. The Morgan fingerprint density at radius 1 is 0.689 bits per heavy atom. The van der Waals surface area contributed by atoms with Crippen LogP contribution in [0.3, 0.4) is 0 Å². The van der Waals surface area contributed by atoms with Crippen molar-refractivity contribution >= 4 is 45.5 Å². The average Bonchev–Trinajstić information content (AvgIpc) is 3.64. The summed E-state index contributed by atoms with van der Waals surface area (Å²) in [5, 5.41) is 28.3. The number of aromatic nitrogens is 2. The number of nitrogens with one attached hydrogen (secondary N) is 5. The number of hydrogen-bond donors (Lipinski definition) is 8. The van der Waals surface area contributed by atoms with Gasteiger partial charge in [0.15, 0.2) is 0 Å². The highest BCUT2D eigenvalue weighted by molar-refractivity contribution is 5.95. The zero-order valence-corrected chi connectivity index (χ0v) is 24.2. The van der Waals surface area contributed by atoms with E-state index in [1.165, 1.54) is 12.1 Å². The lowest BCUT2D eigenvalue weighted by molar-refractivity contribution is -0.138. The summed E-state index contributed by atoms with van der Waals surface area (Å²) in [5.74, 6) is -3.04. The molecular weight excluding hydrogens is 576 g/mol. The zero-order chi connectivity index (χ0) is 31.9. The molecule has 12 nitrogen and oxygen atoms in total. The van der Waals surface area contributed by atoms with Crippen LogP contribution < -0.4 is 21.7 Å². The lowest BCUT2D eigenvalue weighted by Gasteiger charge is -2.24. The van der Waals surface area contributed by atoms with E-state index >= 15 is 0 Å². The summed E-state index contributed by atoms with van der Waals surface area (Å²) in [6, 6.07) is 18.0. The number of aliphatic carboxylic acids is 1. The Hall–Kier alpha value is -5.62. The highest BCUT2D eigenvalue weighted by Gasteiger charge is 2.30. The lowest BCUT2D eigenvalue weighted by Crippen LogP contribution is -2.57. The Morgan fingerprint density at radius 2 is 1.20 bits per heavy atom. The smallest absolute Gasteiger partial charge is 0.322 e. The van der Waals surface area contributed by atoms with Crippen molar-refractivity contribution in [1.29, 1.82) is 0 Å². The van der Waals surface area contributed by atoms with Crippen LogP contribution in [-0.2, 0) is 38.4 Å². The molecule has 3 atom stereocenters. The Kier molecular flexibility index (Phi) is 9.44. The van der Waals surface area contributed by atoms with Crippen LogP contribution in [0, 0.1) is 0 Å². The molecule has 5 aromatic rings. The number of benzene rings is 3. The molecule has 2 aromatic heterocycles. The van der Waals surface area contributed by atoms with Crippen LogP contribution in [0.4, 0.5) is 0 Å². The summed E-state index contributed by atoms with van der Waals surface area (Å²) >= 11 is 0. The van der Waals surface area contributed by atoms with Gasteiger partial charge in [-0.1, -0.05) is 48.5 Å². The highest BCUT2D eigenvalue weighted by atomic mass is 16.4. The van der Waals surface area contributed by atoms with Gasteiger partial charge in [-0.3, -0.25) is 19.2 Å². The minimum Gasteiger partial charge on any atom is -0.508 e. The number of carbonyl (C=O) groups is 4. The molecule has 232 valence electrons. The fraction of sp³-hybridized carbons (Fsp3) is 0.212. The van der Waals surface area contributed by atoms with Crippen molar-refractivity contribution in [1.82, 2.24) is 25.9 Å². The molecule has 3 aromatic carbocycles. The summed E-state index contributed by atoms with van der Waals surface area (Å²) < 4.78 is 0. The van der Waals surface area contributed by atoms with Gasteiger partial charge in [-0.25, -0.2) is 0 Å². The molecule has 0 saturated heterocycles. The largest absolute Gasteiger partial charge is 0.508 e. The quantitative estimate of drug-likeness (QED) is 0.0994. The van der Waals surface area contributed by atoms with Gasteiger partial charge in [0, 0.05) is 47.0 Å². The summed E-state index contributed by atoms with van der Waals surface area (Å²) in [7, 11) is 0. The molecule has 2 heterocycles. The van der Waals surface area contributed by atoms with E-state index in [0.29, 0.717) is 0 Å².